The number of rotatable bonds is 14. The normalized spacial score (nSPS) is 17.9. The van der Waals surface area contributed by atoms with Gasteiger partial charge in [-0.3, -0.25) is 29.7 Å². The number of aromatic nitrogens is 4. The molecule has 1 atom stereocenters. The molecule has 7 heterocycles. The van der Waals surface area contributed by atoms with Crippen LogP contribution in [-0.4, -0.2) is 99.8 Å². The first-order valence-corrected chi connectivity index (χ1v) is 28.3. The number of imide groups is 1. The van der Waals surface area contributed by atoms with Crippen LogP contribution in [0, 0.1) is 18.8 Å². The molecule has 4 aliphatic heterocycles. The zero-order chi connectivity index (χ0) is 53.4. The summed E-state index contributed by atoms with van der Waals surface area (Å²) in [5.41, 5.74) is 8.46. The van der Waals surface area contributed by atoms with Crippen LogP contribution in [0.1, 0.15) is 121 Å². The summed E-state index contributed by atoms with van der Waals surface area (Å²) in [5, 5.41) is 11.8. The molecule has 400 valence electrons. The maximum absolute atomic E-state index is 14.1. The molecule has 16 heteroatoms. The lowest BCUT2D eigenvalue weighted by Gasteiger charge is -2.36. The highest BCUT2D eigenvalue weighted by atomic mass is 32.1. The minimum Gasteiger partial charge on any atom is -0.493 e. The van der Waals surface area contributed by atoms with Gasteiger partial charge in [-0.05, 0) is 187 Å². The average Bonchev–Trinajstić information content (AvgIpc) is 4.04. The van der Waals surface area contributed by atoms with E-state index in [4.69, 9.17) is 19.6 Å². The van der Waals surface area contributed by atoms with E-state index < -0.39 is 17.5 Å². The Morgan fingerprint density at radius 1 is 0.805 bits per heavy atom. The molecular weight excluding hydrogens is 987 g/mol. The fraction of sp³-hybridized carbons (Fsp3) is 0.426. The number of hydrogen-bond acceptors (Lipinski definition) is 13. The molecule has 1 unspecified atom stereocenters. The topological polar surface area (TPSA) is 164 Å². The fourth-order valence-electron chi connectivity index (χ4n) is 11.8. The number of esters is 1. The lowest BCUT2D eigenvalue weighted by atomic mass is 9.91. The SMILES string of the molecule is Cc1c(OCCC2CCN(CCC3CCN(c4ccc5c(C6CCC(=O)NC6=O)nn(C)c5c4)CC3)CC2)cccc1-c1ccc(N2CCc3cccc(C(=O)Nc4nc5ccccc5s4)c3C2)nc1C(=O)OC(C)(C)C. The van der Waals surface area contributed by atoms with Crippen molar-refractivity contribution in [3.05, 3.63) is 125 Å². The van der Waals surface area contributed by atoms with Crippen LogP contribution in [0.15, 0.2) is 91.0 Å². The van der Waals surface area contributed by atoms with E-state index in [-0.39, 0.29) is 23.4 Å². The molecule has 0 spiro atoms. The Morgan fingerprint density at radius 2 is 1.58 bits per heavy atom. The van der Waals surface area contributed by atoms with Gasteiger partial charge in [0, 0.05) is 61.8 Å². The van der Waals surface area contributed by atoms with E-state index in [2.05, 4.69) is 54.6 Å². The van der Waals surface area contributed by atoms with Gasteiger partial charge in [-0.1, -0.05) is 47.7 Å². The molecule has 3 fully saturated rings. The molecular formula is C61H69N9O6S. The number of fused-ring (bicyclic) bond motifs is 3. The maximum atomic E-state index is 14.1. The Balaban J connectivity index is 0.674. The Bertz CT molecular complexity index is 3330. The van der Waals surface area contributed by atoms with Crippen molar-refractivity contribution in [1.82, 2.24) is 30.0 Å². The highest BCUT2D eigenvalue weighted by molar-refractivity contribution is 7.22. The van der Waals surface area contributed by atoms with Crippen molar-refractivity contribution in [2.24, 2.45) is 18.9 Å². The Kier molecular flexibility index (Phi) is 14.9. The van der Waals surface area contributed by atoms with Gasteiger partial charge in [0.25, 0.3) is 5.91 Å². The van der Waals surface area contributed by atoms with Crippen LogP contribution in [0.3, 0.4) is 0 Å². The highest BCUT2D eigenvalue weighted by Crippen LogP contribution is 2.38. The van der Waals surface area contributed by atoms with Crippen LogP contribution in [0.4, 0.5) is 16.6 Å². The van der Waals surface area contributed by atoms with Gasteiger partial charge in [0.15, 0.2) is 10.8 Å². The van der Waals surface area contributed by atoms with Gasteiger partial charge in [0.05, 0.1) is 34.0 Å². The Hall–Kier alpha value is -7.17. The van der Waals surface area contributed by atoms with Gasteiger partial charge in [0.1, 0.15) is 17.2 Å². The first-order valence-electron chi connectivity index (χ1n) is 27.5. The number of carbonyl (C=O) groups is 4. The van der Waals surface area contributed by atoms with Crippen molar-refractivity contribution < 1.29 is 28.7 Å². The number of ether oxygens (including phenoxy) is 2. The molecule has 15 nitrogen and oxygen atoms in total. The van der Waals surface area contributed by atoms with Crippen molar-refractivity contribution >= 4 is 72.8 Å². The molecule has 0 saturated carbocycles. The van der Waals surface area contributed by atoms with Crippen LogP contribution in [0.25, 0.3) is 32.2 Å². The van der Waals surface area contributed by atoms with Crippen molar-refractivity contribution in [2.45, 2.75) is 104 Å². The Morgan fingerprint density at radius 3 is 2.38 bits per heavy atom. The summed E-state index contributed by atoms with van der Waals surface area (Å²) in [6.07, 6.45) is 8.45. The molecule has 4 aliphatic rings. The number of thiazole rings is 1. The van der Waals surface area contributed by atoms with E-state index in [1.54, 1.807) is 0 Å². The maximum Gasteiger partial charge on any atom is 0.358 e. The number of likely N-dealkylation sites (tertiary alicyclic amines) is 1. The minimum absolute atomic E-state index is 0.205. The number of amides is 3. The predicted octanol–water partition coefficient (Wildman–Crippen LogP) is 10.6. The largest absolute Gasteiger partial charge is 0.493 e. The quantitative estimate of drug-likeness (QED) is 0.0784. The smallest absolute Gasteiger partial charge is 0.358 e. The zero-order valence-corrected chi connectivity index (χ0v) is 45.7. The van der Waals surface area contributed by atoms with Crippen LogP contribution in [0.2, 0.25) is 0 Å². The summed E-state index contributed by atoms with van der Waals surface area (Å²) in [6.45, 7) is 14.8. The van der Waals surface area contributed by atoms with E-state index in [9.17, 15) is 19.2 Å². The molecule has 0 radical (unpaired) electrons. The first kappa shape index (κ1) is 51.9. The van der Waals surface area contributed by atoms with E-state index in [1.165, 1.54) is 49.1 Å². The van der Waals surface area contributed by atoms with Crippen molar-refractivity contribution in [3.8, 4) is 16.9 Å². The summed E-state index contributed by atoms with van der Waals surface area (Å²) in [5.74, 6) is 1.19. The molecule has 3 amide bonds. The first-order chi connectivity index (χ1) is 37.2. The lowest BCUT2D eigenvalue weighted by Crippen LogP contribution is -2.39. The number of pyridine rings is 1. The molecule has 0 bridgehead atoms. The second-order valence-electron chi connectivity index (χ2n) is 22.4. The minimum atomic E-state index is -0.730. The van der Waals surface area contributed by atoms with Crippen molar-refractivity contribution in [2.75, 3.05) is 61.0 Å². The van der Waals surface area contributed by atoms with Crippen molar-refractivity contribution in [1.29, 1.82) is 0 Å². The molecule has 0 aliphatic carbocycles. The molecule has 4 aromatic carbocycles. The molecule has 7 aromatic rings. The van der Waals surface area contributed by atoms with Gasteiger partial charge >= 0.3 is 5.97 Å². The second-order valence-corrected chi connectivity index (χ2v) is 23.4. The van der Waals surface area contributed by atoms with E-state index in [0.717, 1.165) is 100 Å². The molecule has 3 aromatic heterocycles. The monoisotopic (exact) mass is 1060 g/mol. The standard InChI is InChI=1S/C61H69N9O6S/c1-38-43(44-18-20-53(63-56(44)59(74)76-61(2,3)4)70-34-27-41-10-8-12-45(48(41)37-70)57(72)65-60-62-49-13-6-7-15-52(49)77-60)11-9-14-51(38)75-35-28-40-23-30-68(31-24-40)29-22-39-25-32-69(33-26-39)42-16-17-46-50(36-42)67(5)66-55(46)47-19-21-54(71)64-58(47)73/h6-18,20,36,39-40,47H,19,21-35,37H2,1-5H3,(H,62,65,72)(H,64,71,73). The van der Waals surface area contributed by atoms with Crippen LogP contribution < -0.4 is 25.2 Å². The van der Waals surface area contributed by atoms with Crippen molar-refractivity contribution in [3.63, 3.8) is 0 Å². The summed E-state index contributed by atoms with van der Waals surface area (Å²) in [4.78, 5) is 69.2. The number of carbonyl (C=O) groups excluding carboxylic acids is 4. The van der Waals surface area contributed by atoms with E-state index in [1.807, 2.05) is 106 Å². The third kappa shape index (κ3) is 11.5. The van der Waals surface area contributed by atoms with Crippen LogP contribution >= 0.6 is 11.3 Å². The van der Waals surface area contributed by atoms with Crippen LogP contribution in [-0.2, 0) is 34.3 Å². The van der Waals surface area contributed by atoms with E-state index >= 15 is 0 Å². The number of benzene rings is 4. The number of nitrogens with zero attached hydrogens (tertiary/aromatic N) is 7. The summed E-state index contributed by atoms with van der Waals surface area (Å²) < 4.78 is 15.4. The van der Waals surface area contributed by atoms with Gasteiger partial charge in [-0.25, -0.2) is 14.8 Å². The number of hydrogen-bond donors (Lipinski definition) is 2. The molecule has 2 N–H and O–H groups in total. The second kappa shape index (κ2) is 22.1. The third-order valence-corrected chi connectivity index (χ3v) is 17.1. The average molecular weight is 1060 g/mol. The number of para-hydroxylation sites is 1. The Labute approximate surface area is 454 Å². The predicted molar refractivity (Wildman–Crippen MR) is 303 cm³/mol. The summed E-state index contributed by atoms with van der Waals surface area (Å²) in [6, 6.07) is 30.1. The lowest BCUT2D eigenvalue weighted by molar-refractivity contribution is -0.134. The van der Waals surface area contributed by atoms with Gasteiger partial charge in [-0.15, -0.1) is 0 Å². The summed E-state index contributed by atoms with van der Waals surface area (Å²) >= 11 is 1.45. The zero-order valence-electron chi connectivity index (χ0n) is 44.9. The molecule has 11 rings (SSSR count). The fourth-order valence-corrected chi connectivity index (χ4v) is 12.7. The summed E-state index contributed by atoms with van der Waals surface area (Å²) in [7, 11) is 1.93. The number of nitrogens with one attached hydrogen (secondary N) is 2. The van der Waals surface area contributed by atoms with Gasteiger partial charge in [0.2, 0.25) is 11.8 Å². The van der Waals surface area contributed by atoms with Gasteiger partial charge in [-0.2, -0.15) is 5.10 Å². The molecule has 3 saturated heterocycles. The number of aryl methyl sites for hydroxylation is 1. The van der Waals surface area contributed by atoms with Gasteiger partial charge < -0.3 is 24.2 Å². The van der Waals surface area contributed by atoms with E-state index in [0.29, 0.717) is 66.5 Å². The van der Waals surface area contributed by atoms with Crippen LogP contribution in [0.5, 0.6) is 5.75 Å². The number of anilines is 3. The molecule has 77 heavy (non-hydrogen) atoms. The number of piperidine rings is 3. The third-order valence-electron chi connectivity index (χ3n) is 16.2. The highest BCUT2D eigenvalue weighted by Gasteiger charge is 2.33.